The molecule has 17 heavy (non-hydrogen) atoms. The lowest BCUT2D eigenvalue weighted by Crippen LogP contribution is -2.33. The zero-order valence-corrected chi connectivity index (χ0v) is 11.2. The van der Waals surface area contributed by atoms with Gasteiger partial charge in [-0.3, -0.25) is 14.0 Å². The SMILES string of the molecule is CC(C)C(CO)CNC(=O)c1s[nH]c(=O)c1Cl. The normalized spacial score (nSPS) is 12.8. The number of halogens is 1. The summed E-state index contributed by atoms with van der Waals surface area (Å²) in [5.41, 5.74) is -0.454. The molecule has 0 radical (unpaired) electrons. The number of aliphatic hydroxyl groups excluding tert-OH is 1. The lowest BCUT2D eigenvalue weighted by atomic mass is 9.97. The molecule has 96 valence electrons. The predicted molar refractivity (Wildman–Crippen MR) is 67.7 cm³/mol. The third-order valence-electron chi connectivity index (χ3n) is 2.55. The van der Waals surface area contributed by atoms with Crippen molar-refractivity contribution >= 4 is 29.0 Å². The molecule has 0 saturated carbocycles. The highest BCUT2D eigenvalue weighted by atomic mass is 35.5. The fourth-order valence-electron chi connectivity index (χ4n) is 1.25. The highest BCUT2D eigenvalue weighted by Crippen LogP contribution is 2.15. The molecule has 0 aromatic carbocycles. The lowest BCUT2D eigenvalue weighted by Gasteiger charge is -2.18. The molecule has 0 bridgehead atoms. The first-order chi connectivity index (χ1) is 7.97. The molecule has 7 heteroatoms. The lowest BCUT2D eigenvalue weighted by molar-refractivity contribution is 0.0935. The van der Waals surface area contributed by atoms with E-state index in [2.05, 4.69) is 9.69 Å². The van der Waals surface area contributed by atoms with Crippen molar-refractivity contribution < 1.29 is 9.90 Å². The molecule has 0 saturated heterocycles. The van der Waals surface area contributed by atoms with Gasteiger partial charge in [0.25, 0.3) is 11.5 Å². The second kappa shape index (κ2) is 6.18. The number of hydrogen-bond acceptors (Lipinski definition) is 4. The van der Waals surface area contributed by atoms with E-state index in [9.17, 15) is 9.59 Å². The number of hydrogen-bond donors (Lipinski definition) is 3. The van der Waals surface area contributed by atoms with Crippen LogP contribution in [0.15, 0.2) is 4.79 Å². The van der Waals surface area contributed by atoms with Gasteiger partial charge in [0, 0.05) is 19.1 Å². The van der Waals surface area contributed by atoms with Crippen LogP contribution in [0.3, 0.4) is 0 Å². The van der Waals surface area contributed by atoms with Gasteiger partial charge in [0.1, 0.15) is 9.90 Å². The fraction of sp³-hybridized carbons (Fsp3) is 0.600. The van der Waals surface area contributed by atoms with Gasteiger partial charge in [0.05, 0.1) is 0 Å². The van der Waals surface area contributed by atoms with E-state index in [-0.39, 0.29) is 28.3 Å². The van der Waals surface area contributed by atoms with Crippen LogP contribution >= 0.6 is 23.1 Å². The summed E-state index contributed by atoms with van der Waals surface area (Å²) in [7, 11) is 0. The van der Waals surface area contributed by atoms with Crippen molar-refractivity contribution in [3.8, 4) is 0 Å². The molecule has 1 amide bonds. The molecule has 1 atom stereocenters. The zero-order chi connectivity index (χ0) is 13.0. The second-order valence-corrected chi connectivity index (χ2v) is 5.27. The summed E-state index contributed by atoms with van der Waals surface area (Å²) >= 11 is 6.58. The maximum Gasteiger partial charge on any atom is 0.277 e. The van der Waals surface area contributed by atoms with E-state index in [1.54, 1.807) is 0 Å². The molecule has 1 unspecified atom stereocenters. The van der Waals surface area contributed by atoms with E-state index in [1.165, 1.54) is 0 Å². The Balaban J connectivity index is 2.62. The average molecular weight is 279 g/mol. The number of amides is 1. The average Bonchev–Trinajstić information content (AvgIpc) is 2.60. The first kappa shape index (κ1) is 14.2. The molecule has 5 nitrogen and oxygen atoms in total. The molecule has 1 heterocycles. The number of rotatable bonds is 5. The molecule has 1 aromatic heterocycles. The van der Waals surface area contributed by atoms with Crippen LogP contribution in [0.25, 0.3) is 0 Å². The van der Waals surface area contributed by atoms with E-state index < -0.39 is 11.5 Å². The number of aromatic nitrogens is 1. The first-order valence-corrected chi connectivity index (χ1v) is 6.42. The Hall–Kier alpha value is -0.850. The summed E-state index contributed by atoms with van der Waals surface area (Å²) in [4.78, 5) is 22.9. The topological polar surface area (TPSA) is 82.2 Å². The Bertz CT molecular complexity index is 441. The van der Waals surface area contributed by atoms with Crippen molar-refractivity contribution in [2.75, 3.05) is 13.2 Å². The van der Waals surface area contributed by atoms with Crippen LogP contribution in [0, 0.1) is 11.8 Å². The van der Waals surface area contributed by atoms with Crippen LogP contribution < -0.4 is 10.9 Å². The van der Waals surface area contributed by atoms with Gasteiger partial charge in [0.15, 0.2) is 0 Å². The standard InChI is InChI=1S/C10H15ClN2O3S/c1-5(2)6(4-14)3-12-10(16)8-7(11)9(15)13-17-8/h5-6,14H,3-4H2,1-2H3,(H,12,16)(H,13,15). The first-order valence-electron chi connectivity index (χ1n) is 5.23. The van der Waals surface area contributed by atoms with Gasteiger partial charge in [0.2, 0.25) is 0 Å². The van der Waals surface area contributed by atoms with Gasteiger partial charge in [-0.1, -0.05) is 37.0 Å². The summed E-state index contributed by atoms with van der Waals surface area (Å²) in [6.07, 6.45) is 0. The van der Waals surface area contributed by atoms with Crippen molar-refractivity contribution in [3.05, 3.63) is 20.3 Å². The zero-order valence-electron chi connectivity index (χ0n) is 9.62. The van der Waals surface area contributed by atoms with Gasteiger partial charge in [-0.2, -0.15) is 0 Å². The molecule has 3 N–H and O–H groups in total. The van der Waals surface area contributed by atoms with Crippen LogP contribution in [-0.2, 0) is 0 Å². The van der Waals surface area contributed by atoms with Crippen molar-refractivity contribution in [1.29, 1.82) is 0 Å². The van der Waals surface area contributed by atoms with Gasteiger partial charge >= 0.3 is 0 Å². The Morgan fingerprint density at radius 2 is 2.24 bits per heavy atom. The summed E-state index contributed by atoms with van der Waals surface area (Å²) < 4.78 is 2.39. The second-order valence-electron chi connectivity index (χ2n) is 4.07. The van der Waals surface area contributed by atoms with E-state index in [4.69, 9.17) is 16.7 Å². The monoisotopic (exact) mass is 278 g/mol. The van der Waals surface area contributed by atoms with Gasteiger partial charge < -0.3 is 10.4 Å². The smallest absolute Gasteiger partial charge is 0.277 e. The van der Waals surface area contributed by atoms with Crippen molar-refractivity contribution in [1.82, 2.24) is 9.69 Å². The fourth-order valence-corrected chi connectivity index (χ4v) is 2.20. The van der Waals surface area contributed by atoms with Crippen LogP contribution in [0.2, 0.25) is 5.02 Å². The highest BCUT2D eigenvalue weighted by molar-refractivity contribution is 7.08. The number of carbonyl (C=O) groups is 1. The highest BCUT2D eigenvalue weighted by Gasteiger charge is 2.18. The summed E-state index contributed by atoms with van der Waals surface area (Å²) in [5, 5.41) is 11.7. The van der Waals surface area contributed by atoms with Crippen molar-refractivity contribution in [2.45, 2.75) is 13.8 Å². The summed E-state index contributed by atoms with van der Waals surface area (Å²) in [5.74, 6) is -0.133. The molecule has 0 aliphatic rings. The number of aliphatic hydroxyl groups is 1. The molecule has 1 aromatic rings. The Morgan fingerprint density at radius 1 is 1.59 bits per heavy atom. The van der Waals surface area contributed by atoms with Crippen LogP contribution in [0.4, 0.5) is 0 Å². The minimum atomic E-state index is -0.454. The van der Waals surface area contributed by atoms with Crippen LogP contribution in [0.5, 0.6) is 0 Å². The van der Waals surface area contributed by atoms with E-state index in [0.717, 1.165) is 11.5 Å². The summed E-state index contributed by atoms with van der Waals surface area (Å²) in [6.45, 7) is 4.30. The van der Waals surface area contributed by atoms with Gasteiger partial charge in [-0.15, -0.1) is 0 Å². The molecule has 0 aliphatic carbocycles. The Labute approximate surface area is 108 Å². The number of H-pyrrole nitrogens is 1. The van der Waals surface area contributed by atoms with Crippen molar-refractivity contribution in [2.24, 2.45) is 11.8 Å². The molecule has 0 aliphatic heterocycles. The summed E-state index contributed by atoms with van der Waals surface area (Å²) in [6, 6.07) is 0. The molecular formula is C10H15ClN2O3S. The number of aromatic amines is 1. The Morgan fingerprint density at radius 3 is 2.65 bits per heavy atom. The maximum absolute atomic E-state index is 11.7. The van der Waals surface area contributed by atoms with Gasteiger partial charge in [-0.25, -0.2) is 0 Å². The van der Waals surface area contributed by atoms with E-state index in [0.29, 0.717) is 6.54 Å². The van der Waals surface area contributed by atoms with E-state index >= 15 is 0 Å². The van der Waals surface area contributed by atoms with E-state index in [1.807, 2.05) is 13.8 Å². The molecule has 1 rings (SSSR count). The van der Waals surface area contributed by atoms with Crippen LogP contribution in [-0.4, -0.2) is 28.5 Å². The number of carbonyl (C=O) groups excluding carboxylic acids is 1. The van der Waals surface area contributed by atoms with Crippen molar-refractivity contribution in [3.63, 3.8) is 0 Å². The van der Waals surface area contributed by atoms with Gasteiger partial charge in [-0.05, 0) is 5.92 Å². The molecule has 0 spiro atoms. The number of nitrogens with one attached hydrogen (secondary N) is 2. The van der Waals surface area contributed by atoms with Crippen LogP contribution in [0.1, 0.15) is 23.5 Å². The predicted octanol–water partition coefficient (Wildman–Crippen LogP) is 1.08. The Kier molecular flexibility index (Phi) is 5.17. The largest absolute Gasteiger partial charge is 0.396 e. The third kappa shape index (κ3) is 3.55. The molecular weight excluding hydrogens is 264 g/mol. The third-order valence-corrected chi connectivity index (χ3v) is 3.91. The molecule has 0 fully saturated rings. The minimum Gasteiger partial charge on any atom is -0.396 e. The quantitative estimate of drug-likeness (QED) is 0.754. The maximum atomic E-state index is 11.7. The minimum absolute atomic E-state index is 0.00612.